The Labute approximate surface area is 118 Å². The van der Waals surface area contributed by atoms with Crippen molar-refractivity contribution in [1.82, 2.24) is 9.97 Å². The normalized spacial score (nSPS) is 10.7. The van der Waals surface area contributed by atoms with Gasteiger partial charge in [-0.2, -0.15) is 10.1 Å². The summed E-state index contributed by atoms with van der Waals surface area (Å²) >= 11 is 0. The van der Waals surface area contributed by atoms with Gasteiger partial charge < -0.3 is 16.2 Å². The molecule has 0 aliphatic carbocycles. The molecule has 0 saturated heterocycles. The highest BCUT2D eigenvalue weighted by Gasteiger charge is 2.08. The Hall–Kier alpha value is -3.23. The number of H-pyrrole nitrogens is 1. The largest absolute Gasteiger partial charge is 0.465 e. The number of nitrogens with zero attached hydrogens (tertiary/aromatic N) is 3. The topological polar surface area (TPSA) is 149 Å². The Morgan fingerprint density at radius 2 is 2.10 bits per heavy atom. The van der Waals surface area contributed by atoms with E-state index in [9.17, 15) is 9.59 Å². The lowest BCUT2D eigenvalue weighted by Crippen LogP contribution is -2.12. The van der Waals surface area contributed by atoms with Crippen LogP contribution >= 0.6 is 0 Å². The molecule has 9 nitrogen and oxygen atoms in total. The highest BCUT2D eigenvalue weighted by molar-refractivity contribution is 5.90. The van der Waals surface area contributed by atoms with Crippen LogP contribution in [0.5, 0.6) is 0 Å². The maximum absolute atomic E-state index is 11.6. The van der Waals surface area contributed by atoms with Crippen molar-refractivity contribution in [1.29, 1.82) is 0 Å². The van der Waals surface area contributed by atoms with Gasteiger partial charge in [-0.15, -0.1) is 5.11 Å². The number of hydrogen-bond donors (Lipinski definition) is 3. The number of anilines is 2. The molecule has 5 N–H and O–H groups in total. The number of nitrogens with one attached hydrogen (secondary N) is 1. The zero-order chi connectivity index (χ0) is 15.4. The van der Waals surface area contributed by atoms with Gasteiger partial charge in [-0.05, 0) is 18.2 Å². The molecule has 21 heavy (non-hydrogen) atoms. The fourth-order valence-electron chi connectivity index (χ4n) is 1.52. The quantitative estimate of drug-likeness (QED) is 0.569. The van der Waals surface area contributed by atoms with Crippen LogP contribution in [0.3, 0.4) is 0 Å². The molecule has 1 aromatic carbocycles. The zero-order valence-electron chi connectivity index (χ0n) is 11.0. The molecule has 9 heteroatoms. The molecule has 0 atom stereocenters. The maximum Gasteiger partial charge on any atom is 0.337 e. The molecule has 2 rings (SSSR count). The van der Waals surface area contributed by atoms with Gasteiger partial charge in [-0.3, -0.25) is 9.78 Å². The van der Waals surface area contributed by atoms with Gasteiger partial charge in [-0.25, -0.2) is 4.79 Å². The predicted molar refractivity (Wildman–Crippen MR) is 75.6 cm³/mol. The number of hydrogen-bond acceptors (Lipinski definition) is 8. The van der Waals surface area contributed by atoms with E-state index in [1.807, 2.05) is 0 Å². The van der Waals surface area contributed by atoms with E-state index in [4.69, 9.17) is 11.5 Å². The molecule has 1 aromatic heterocycles. The number of rotatable bonds is 3. The van der Waals surface area contributed by atoms with Crippen LogP contribution < -0.4 is 17.0 Å². The van der Waals surface area contributed by atoms with Gasteiger partial charge >= 0.3 is 5.97 Å². The van der Waals surface area contributed by atoms with Crippen LogP contribution in [0.25, 0.3) is 0 Å². The van der Waals surface area contributed by atoms with Crippen molar-refractivity contribution in [2.24, 2.45) is 10.2 Å². The molecular weight excluding hydrogens is 276 g/mol. The Morgan fingerprint density at radius 1 is 1.33 bits per heavy atom. The Bertz CT molecular complexity index is 768. The van der Waals surface area contributed by atoms with Crippen molar-refractivity contribution < 1.29 is 9.53 Å². The second-order valence-corrected chi connectivity index (χ2v) is 3.93. The van der Waals surface area contributed by atoms with Crippen molar-refractivity contribution in [3.63, 3.8) is 0 Å². The number of aromatic nitrogens is 2. The van der Waals surface area contributed by atoms with Gasteiger partial charge in [0.1, 0.15) is 0 Å². The molecule has 0 aliphatic heterocycles. The van der Waals surface area contributed by atoms with E-state index in [2.05, 4.69) is 24.9 Å². The predicted octanol–water partition coefficient (Wildman–Crippen LogP) is 1.14. The summed E-state index contributed by atoms with van der Waals surface area (Å²) in [7, 11) is 1.27. The van der Waals surface area contributed by atoms with E-state index in [1.165, 1.54) is 13.2 Å². The van der Waals surface area contributed by atoms with Crippen molar-refractivity contribution in [3.05, 3.63) is 40.2 Å². The maximum atomic E-state index is 11.6. The lowest BCUT2D eigenvalue weighted by molar-refractivity contribution is 0.0601. The molecule has 0 radical (unpaired) electrons. The monoisotopic (exact) mass is 288 g/mol. The van der Waals surface area contributed by atoms with Crippen LogP contribution in [-0.2, 0) is 4.74 Å². The van der Waals surface area contributed by atoms with Crippen molar-refractivity contribution in [2.75, 3.05) is 18.6 Å². The van der Waals surface area contributed by atoms with Gasteiger partial charge in [0, 0.05) is 0 Å². The number of esters is 1. The third-order valence-electron chi connectivity index (χ3n) is 2.47. The first-order valence-electron chi connectivity index (χ1n) is 5.76. The third kappa shape index (κ3) is 3.21. The van der Waals surface area contributed by atoms with Gasteiger partial charge in [0.05, 0.1) is 18.4 Å². The summed E-state index contributed by atoms with van der Waals surface area (Å²) in [6, 6.07) is 6.24. The molecule has 0 amide bonds. The fourth-order valence-corrected chi connectivity index (χ4v) is 1.52. The lowest BCUT2D eigenvalue weighted by atomic mass is 10.2. The Balaban J connectivity index is 2.34. The standard InChI is InChI=1S/C12H12N6O3/c1-21-11(20)6-3-2-4-7(5-6)17-18-8-9(13)15-12(14)16-10(8)19/h2-5H,1H3,(H5,13,14,15,16,19). The number of carbonyl (C=O) groups excluding carboxylic acids is 1. The molecule has 2 aromatic rings. The van der Waals surface area contributed by atoms with E-state index in [1.54, 1.807) is 18.2 Å². The molecule has 0 bridgehead atoms. The minimum atomic E-state index is -0.604. The lowest BCUT2D eigenvalue weighted by Gasteiger charge is -2.00. The third-order valence-corrected chi connectivity index (χ3v) is 2.47. The zero-order valence-corrected chi connectivity index (χ0v) is 11.0. The van der Waals surface area contributed by atoms with Crippen molar-refractivity contribution in [2.45, 2.75) is 0 Å². The summed E-state index contributed by atoms with van der Waals surface area (Å²) in [6.07, 6.45) is 0. The van der Waals surface area contributed by atoms with Crippen molar-refractivity contribution in [3.8, 4) is 0 Å². The number of benzene rings is 1. The smallest absolute Gasteiger partial charge is 0.337 e. The molecule has 0 aliphatic rings. The molecule has 108 valence electrons. The van der Waals surface area contributed by atoms with Crippen LogP contribution in [0.1, 0.15) is 10.4 Å². The molecule has 0 spiro atoms. The SMILES string of the molecule is COC(=O)c1cccc(N=Nc2c(N)nc(N)[nH]c2=O)c1. The summed E-state index contributed by atoms with van der Waals surface area (Å²) in [5.41, 5.74) is 10.8. The summed E-state index contributed by atoms with van der Waals surface area (Å²) in [5, 5.41) is 7.57. The van der Waals surface area contributed by atoms with Crippen LogP contribution in [-0.4, -0.2) is 23.0 Å². The van der Waals surface area contributed by atoms with Crippen LogP contribution in [0.15, 0.2) is 39.3 Å². The molecule has 0 saturated carbocycles. The van der Waals surface area contributed by atoms with E-state index in [0.717, 1.165) is 0 Å². The van der Waals surface area contributed by atoms with Crippen LogP contribution in [0.2, 0.25) is 0 Å². The fraction of sp³-hybridized carbons (Fsp3) is 0.0833. The van der Waals surface area contributed by atoms with Crippen LogP contribution in [0.4, 0.5) is 23.1 Å². The first kappa shape index (κ1) is 14.2. The van der Waals surface area contributed by atoms with Gasteiger partial charge in [0.2, 0.25) is 5.95 Å². The van der Waals surface area contributed by atoms with Crippen molar-refractivity contribution >= 4 is 29.1 Å². The molecule has 0 fully saturated rings. The summed E-state index contributed by atoms with van der Waals surface area (Å²) in [4.78, 5) is 28.9. The molecule has 1 heterocycles. The second kappa shape index (κ2) is 5.82. The number of ether oxygens (including phenoxy) is 1. The number of azo groups is 1. The molecular formula is C12H12N6O3. The first-order chi connectivity index (χ1) is 10.0. The van der Waals surface area contributed by atoms with Gasteiger partial charge in [-0.1, -0.05) is 6.07 Å². The van der Waals surface area contributed by atoms with E-state index in [0.29, 0.717) is 11.3 Å². The van der Waals surface area contributed by atoms with Gasteiger partial charge in [0.15, 0.2) is 11.5 Å². The minimum absolute atomic E-state index is 0.107. The number of nitrogens with two attached hydrogens (primary N) is 2. The number of methoxy groups -OCH3 is 1. The second-order valence-electron chi connectivity index (χ2n) is 3.93. The average Bonchev–Trinajstić information content (AvgIpc) is 2.45. The van der Waals surface area contributed by atoms with E-state index >= 15 is 0 Å². The molecule has 0 unspecified atom stereocenters. The number of nitrogen functional groups attached to an aromatic ring is 2. The van der Waals surface area contributed by atoms with E-state index < -0.39 is 11.5 Å². The highest BCUT2D eigenvalue weighted by Crippen LogP contribution is 2.20. The number of aromatic amines is 1. The highest BCUT2D eigenvalue weighted by atomic mass is 16.5. The minimum Gasteiger partial charge on any atom is -0.465 e. The average molecular weight is 288 g/mol. The number of carbonyl (C=O) groups is 1. The van der Waals surface area contributed by atoms with Gasteiger partial charge in [0.25, 0.3) is 5.56 Å². The van der Waals surface area contributed by atoms with E-state index in [-0.39, 0.29) is 17.5 Å². The van der Waals surface area contributed by atoms with Crippen LogP contribution in [0, 0.1) is 0 Å². The first-order valence-corrected chi connectivity index (χ1v) is 5.76. The summed E-state index contributed by atoms with van der Waals surface area (Å²) in [5.74, 6) is -0.744. The summed E-state index contributed by atoms with van der Waals surface area (Å²) in [6.45, 7) is 0. The summed E-state index contributed by atoms with van der Waals surface area (Å²) < 4.78 is 4.60. The Kier molecular flexibility index (Phi) is 3.93. The Morgan fingerprint density at radius 3 is 2.76 bits per heavy atom.